The lowest BCUT2D eigenvalue weighted by atomic mass is 10.1. The van der Waals surface area contributed by atoms with Crippen LogP contribution in [-0.2, 0) is 12.8 Å². The van der Waals surface area contributed by atoms with Crippen LogP contribution in [0.5, 0.6) is 0 Å². The van der Waals surface area contributed by atoms with Crippen LogP contribution in [0, 0.1) is 9.49 Å². The fraction of sp³-hybridized carbons (Fsp3) is 0.385. The van der Waals surface area contributed by atoms with Crippen molar-refractivity contribution < 1.29 is 0 Å². The largest absolute Gasteiger partial charge is 0.309 e. The Kier molecular flexibility index (Phi) is 4.55. The smallest absolute Gasteiger partial charge is 0.264 e. The first-order valence-corrected chi connectivity index (χ1v) is 7.82. The molecule has 0 saturated carbocycles. The van der Waals surface area contributed by atoms with Gasteiger partial charge in [0, 0.05) is 11.3 Å². The highest BCUT2D eigenvalue weighted by molar-refractivity contribution is 14.1. The zero-order chi connectivity index (χ0) is 13.1. The third-order valence-electron chi connectivity index (χ3n) is 2.50. The number of thiophene rings is 1. The van der Waals surface area contributed by atoms with E-state index >= 15 is 0 Å². The first-order chi connectivity index (χ1) is 8.56. The molecule has 3 nitrogen and oxygen atoms in total. The van der Waals surface area contributed by atoms with E-state index in [9.17, 15) is 4.79 Å². The summed E-state index contributed by atoms with van der Waals surface area (Å²) in [5, 5.41) is 2.04. The summed E-state index contributed by atoms with van der Waals surface area (Å²) in [7, 11) is 0. The molecule has 0 amide bonds. The first-order valence-electron chi connectivity index (χ1n) is 5.86. The highest BCUT2D eigenvalue weighted by Crippen LogP contribution is 2.14. The van der Waals surface area contributed by atoms with Gasteiger partial charge in [0.15, 0.2) is 0 Å². The van der Waals surface area contributed by atoms with E-state index < -0.39 is 0 Å². The Bertz CT molecular complexity index is 575. The van der Waals surface area contributed by atoms with Crippen molar-refractivity contribution in [1.82, 2.24) is 9.97 Å². The molecule has 0 radical (unpaired) electrons. The van der Waals surface area contributed by atoms with E-state index in [-0.39, 0.29) is 5.56 Å². The maximum Gasteiger partial charge on any atom is 0.264 e. The van der Waals surface area contributed by atoms with Crippen LogP contribution in [0.2, 0.25) is 0 Å². The second kappa shape index (κ2) is 5.97. The normalized spacial score (nSPS) is 11.1. The molecule has 2 aromatic rings. The van der Waals surface area contributed by atoms with E-state index in [1.165, 1.54) is 4.88 Å². The van der Waals surface area contributed by atoms with Crippen molar-refractivity contribution in [3.63, 3.8) is 0 Å². The molecule has 0 fully saturated rings. The van der Waals surface area contributed by atoms with Gasteiger partial charge in [0.05, 0.1) is 9.26 Å². The zero-order valence-electron chi connectivity index (χ0n) is 10.4. The Morgan fingerprint density at radius 1 is 1.50 bits per heavy atom. The van der Waals surface area contributed by atoms with Crippen LogP contribution >= 0.6 is 33.9 Å². The van der Waals surface area contributed by atoms with E-state index in [2.05, 4.69) is 52.5 Å². The summed E-state index contributed by atoms with van der Waals surface area (Å²) in [6.45, 7) is 4.27. The fourth-order valence-corrected chi connectivity index (χ4v) is 2.93. The van der Waals surface area contributed by atoms with Crippen LogP contribution in [0.25, 0.3) is 0 Å². The van der Waals surface area contributed by atoms with Gasteiger partial charge in [-0.25, -0.2) is 4.98 Å². The van der Waals surface area contributed by atoms with Crippen molar-refractivity contribution in [3.8, 4) is 0 Å². The Hall–Kier alpha value is -0.690. The number of nitrogens with zero attached hydrogens (tertiary/aromatic N) is 1. The molecule has 2 rings (SSSR count). The van der Waals surface area contributed by atoms with Gasteiger partial charge >= 0.3 is 0 Å². The standard InChI is InChI=1S/C13H15IN2OS/c1-8(2)6-10-12(14)13(17)16-11(15-10)7-9-4-3-5-18-9/h3-5,8H,6-7H2,1-2H3,(H,15,16,17). The van der Waals surface area contributed by atoms with Crippen molar-refractivity contribution in [2.45, 2.75) is 26.7 Å². The molecule has 18 heavy (non-hydrogen) atoms. The molecule has 0 aromatic carbocycles. The molecule has 1 N–H and O–H groups in total. The summed E-state index contributed by atoms with van der Waals surface area (Å²) in [5.41, 5.74) is 0.897. The maximum absolute atomic E-state index is 11.9. The van der Waals surface area contributed by atoms with Crippen LogP contribution in [0.3, 0.4) is 0 Å². The van der Waals surface area contributed by atoms with E-state index in [1.807, 2.05) is 11.4 Å². The zero-order valence-corrected chi connectivity index (χ0v) is 13.3. The highest BCUT2D eigenvalue weighted by atomic mass is 127. The van der Waals surface area contributed by atoms with Gasteiger partial charge in [0.25, 0.3) is 5.56 Å². The predicted molar refractivity (Wildman–Crippen MR) is 83.2 cm³/mol. The van der Waals surface area contributed by atoms with Crippen molar-refractivity contribution in [3.05, 3.63) is 47.8 Å². The molecule has 0 saturated heterocycles. The predicted octanol–water partition coefficient (Wildman–Crippen LogP) is 3.23. The lowest BCUT2D eigenvalue weighted by Crippen LogP contribution is -2.19. The van der Waals surface area contributed by atoms with E-state index in [0.717, 1.165) is 21.5 Å². The van der Waals surface area contributed by atoms with Gasteiger partial charge in [-0.2, -0.15) is 0 Å². The molecule has 96 valence electrons. The Balaban J connectivity index is 2.32. The van der Waals surface area contributed by atoms with Crippen molar-refractivity contribution >= 4 is 33.9 Å². The second-order valence-corrected chi connectivity index (χ2v) is 6.74. The minimum absolute atomic E-state index is 0.0205. The number of aromatic nitrogens is 2. The van der Waals surface area contributed by atoms with Crippen LogP contribution in [0.4, 0.5) is 0 Å². The molecule has 0 spiro atoms. The van der Waals surface area contributed by atoms with Gasteiger partial charge in [-0.1, -0.05) is 19.9 Å². The lowest BCUT2D eigenvalue weighted by molar-refractivity contribution is 0.627. The fourth-order valence-electron chi connectivity index (χ4n) is 1.74. The van der Waals surface area contributed by atoms with Crippen LogP contribution < -0.4 is 5.56 Å². The van der Waals surface area contributed by atoms with Gasteiger partial charge < -0.3 is 4.98 Å². The maximum atomic E-state index is 11.9. The number of H-pyrrole nitrogens is 1. The summed E-state index contributed by atoms with van der Waals surface area (Å²) < 4.78 is 0.719. The number of aromatic amines is 1. The Morgan fingerprint density at radius 3 is 2.89 bits per heavy atom. The van der Waals surface area contributed by atoms with Crippen molar-refractivity contribution in [2.75, 3.05) is 0 Å². The molecule has 0 aliphatic rings. The molecule has 2 heterocycles. The van der Waals surface area contributed by atoms with Gasteiger partial charge in [-0.05, 0) is 46.4 Å². The molecule has 5 heteroatoms. The topological polar surface area (TPSA) is 45.8 Å². The van der Waals surface area contributed by atoms with Gasteiger partial charge in [0.2, 0.25) is 0 Å². The highest BCUT2D eigenvalue weighted by Gasteiger charge is 2.11. The molecule has 0 bridgehead atoms. The van der Waals surface area contributed by atoms with Crippen molar-refractivity contribution in [2.24, 2.45) is 5.92 Å². The summed E-state index contributed by atoms with van der Waals surface area (Å²) in [6, 6.07) is 4.07. The van der Waals surface area contributed by atoms with Crippen LogP contribution in [0.1, 0.15) is 30.2 Å². The molecule has 0 aliphatic heterocycles. The number of hydrogen-bond acceptors (Lipinski definition) is 3. The lowest BCUT2D eigenvalue weighted by Gasteiger charge is -2.08. The van der Waals surface area contributed by atoms with E-state index in [4.69, 9.17) is 0 Å². The third-order valence-corrected chi connectivity index (χ3v) is 4.49. The van der Waals surface area contributed by atoms with E-state index in [1.54, 1.807) is 11.3 Å². The number of nitrogens with one attached hydrogen (secondary N) is 1. The van der Waals surface area contributed by atoms with Gasteiger partial charge in [0.1, 0.15) is 5.82 Å². The SMILES string of the molecule is CC(C)Cc1nc(Cc2cccs2)[nH]c(=O)c1I. The van der Waals surface area contributed by atoms with Gasteiger partial charge in [-0.15, -0.1) is 11.3 Å². The van der Waals surface area contributed by atoms with Crippen LogP contribution in [0.15, 0.2) is 22.3 Å². The average Bonchev–Trinajstić information content (AvgIpc) is 2.77. The van der Waals surface area contributed by atoms with Crippen LogP contribution in [-0.4, -0.2) is 9.97 Å². The van der Waals surface area contributed by atoms with Crippen molar-refractivity contribution in [1.29, 1.82) is 0 Å². The first kappa shape index (κ1) is 13.7. The molecule has 0 unspecified atom stereocenters. The molecular weight excluding hydrogens is 359 g/mol. The molecule has 0 aliphatic carbocycles. The summed E-state index contributed by atoms with van der Waals surface area (Å²) >= 11 is 3.76. The number of hydrogen-bond donors (Lipinski definition) is 1. The minimum atomic E-state index is -0.0205. The average molecular weight is 374 g/mol. The Morgan fingerprint density at radius 2 is 2.28 bits per heavy atom. The summed E-state index contributed by atoms with van der Waals surface area (Å²) in [6.07, 6.45) is 1.55. The third kappa shape index (κ3) is 3.41. The second-order valence-electron chi connectivity index (χ2n) is 4.63. The summed E-state index contributed by atoms with van der Waals surface area (Å²) in [4.78, 5) is 20.5. The monoisotopic (exact) mass is 374 g/mol. The molecular formula is C13H15IN2OS. The molecule has 0 atom stereocenters. The minimum Gasteiger partial charge on any atom is -0.309 e. The Labute approximate surface area is 124 Å². The number of rotatable bonds is 4. The molecule has 2 aromatic heterocycles. The van der Waals surface area contributed by atoms with Gasteiger partial charge in [-0.3, -0.25) is 4.79 Å². The number of halogens is 1. The van der Waals surface area contributed by atoms with E-state index in [0.29, 0.717) is 12.3 Å². The summed E-state index contributed by atoms with van der Waals surface area (Å²) in [5.74, 6) is 1.26. The quantitative estimate of drug-likeness (QED) is 0.836.